The Morgan fingerprint density at radius 1 is 0.750 bits per heavy atom. The molecular formula is C24H27NO3. The summed E-state index contributed by atoms with van der Waals surface area (Å²) in [4.78, 5) is 5.93. The molecule has 28 heavy (non-hydrogen) atoms. The molecule has 4 nitrogen and oxygen atoms in total. The van der Waals surface area contributed by atoms with Crippen LogP contribution < -0.4 is 10.2 Å². The highest BCUT2D eigenvalue weighted by molar-refractivity contribution is 5.50. The summed E-state index contributed by atoms with van der Waals surface area (Å²) in [5, 5.41) is 9.02. The molecule has 3 aromatic carbocycles. The maximum absolute atomic E-state index is 9.02. The van der Waals surface area contributed by atoms with Crippen molar-refractivity contribution < 1.29 is 14.7 Å². The third-order valence-corrected chi connectivity index (χ3v) is 4.82. The molecule has 0 amide bonds. The van der Waals surface area contributed by atoms with Gasteiger partial charge in [-0.25, -0.2) is 0 Å². The van der Waals surface area contributed by atoms with Gasteiger partial charge in [0.1, 0.15) is 11.3 Å². The van der Waals surface area contributed by atoms with Gasteiger partial charge in [0.2, 0.25) is 0 Å². The molecule has 0 heterocycles. The number of nitrogens with one attached hydrogen (secondary N) is 1. The summed E-state index contributed by atoms with van der Waals surface area (Å²) >= 11 is 0. The zero-order valence-electron chi connectivity index (χ0n) is 16.2. The lowest BCUT2D eigenvalue weighted by Gasteiger charge is -2.36. The fourth-order valence-electron chi connectivity index (χ4n) is 3.34. The van der Waals surface area contributed by atoms with Crippen LogP contribution >= 0.6 is 0 Å². The summed E-state index contributed by atoms with van der Waals surface area (Å²) in [6, 6.07) is 28.6. The molecule has 0 atom stereocenters. The number of rotatable bonds is 10. The molecule has 0 aliphatic rings. The van der Waals surface area contributed by atoms with Gasteiger partial charge in [-0.15, -0.1) is 0 Å². The van der Waals surface area contributed by atoms with Crippen LogP contribution in [0.2, 0.25) is 0 Å². The molecule has 3 aromatic rings. The van der Waals surface area contributed by atoms with E-state index in [0.29, 0.717) is 13.0 Å². The van der Waals surface area contributed by atoms with Crippen molar-refractivity contribution in [1.29, 1.82) is 0 Å². The molecular weight excluding hydrogens is 350 g/mol. The fourth-order valence-corrected chi connectivity index (χ4v) is 3.34. The molecule has 2 N–H and O–H groups in total. The average molecular weight is 377 g/mol. The van der Waals surface area contributed by atoms with E-state index in [2.05, 4.69) is 41.9 Å². The molecule has 0 aromatic heterocycles. The Morgan fingerprint density at radius 2 is 1.29 bits per heavy atom. The molecule has 0 aliphatic heterocycles. The van der Waals surface area contributed by atoms with Gasteiger partial charge in [0.05, 0.1) is 13.7 Å². The third kappa shape index (κ3) is 4.42. The first-order valence-electron chi connectivity index (χ1n) is 9.56. The van der Waals surface area contributed by atoms with Crippen LogP contribution in [0.1, 0.15) is 29.5 Å². The molecule has 0 spiro atoms. The largest absolute Gasteiger partial charge is 0.497 e. The summed E-state index contributed by atoms with van der Waals surface area (Å²) in [7, 11) is 1.67. The van der Waals surface area contributed by atoms with Gasteiger partial charge in [0, 0.05) is 6.61 Å². The van der Waals surface area contributed by atoms with E-state index in [-0.39, 0.29) is 6.61 Å². The second kappa shape index (κ2) is 10.0. The lowest BCUT2D eigenvalue weighted by molar-refractivity contribution is -0.00251. The highest BCUT2D eigenvalue weighted by Crippen LogP contribution is 2.37. The summed E-state index contributed by atoms with van der Waals surface area (Å²) in [6.45, 7) is 0.683. The monoisotopic (exact) mass is 377 g/mol. The van der Waals surface area contributed by atoms with E-state index in [0.717, 1.165) is 28.9 Å². The fraction of sp³-hybridized carbons (Fsp3) is 0.250. The topological polar surface area (TPSA) is 50.7 Å². The van der Waals surface area contributed by atoms with Crippen LogP contribution in [-0.2, 0) is 10.4 Å². The summed E-state index contributed by atoms with van der Waals surface area (Å²) in [5.74, 6) is 0.808. The Labute approximate surface area is 166 Å². The molecule has 3 rings (SSSR count). The molecule has 0 aliphatic carbocycles. The van der Waals surface area contributed by atoms with Gasteiger partial charge < -0.3 is 14.7 Å². The van der Waals surface area contributed by atoms with Crippen molar-refractivity contribution >= 4 is 0 Å². The van der Waals surface area contributed by atoms with E-state index in [1.165, 1.54) is 0 Å². The number of methoxy groups -OCH3 is 1. The summed E-state index contributed by atoms with van der Waals surface area (Å²) in [6.07, 6.45) is 1.50. The van der Waals surface area contributed by atoms with Crippen LogP contribution in [0.15, 0.2) is 84.9 Å². The molecule has 146 valence electrons. The lowest BCUT2D eigenvalue weighted by Crippen LogP contribution is -2.44. The van der Waals surface area contributed by atoms with Gasteiger partial charge in [0.15, 0.2) is 0 Å². The van der Waals surface area contributed by atoms with E-state index >= 15 is 0 Å². The number of hydrogen-bond acceptors (Lipinski definition) is 4. The van der Waals surface area contributed by atoms with Crippen LogP contribution in [0.5, 0.6) is 5.75 Å². The van der Waals surface area contributed by atoms with Crippen LogP contribution in [-0.4, -0.2) is 25.4 Å². The maximum atomic E-state index is 9.02. The second-order valence-corrected chi connectivity index (χ2v) is 6.59. The molecule has 0 fully saturated rings. The molecule has 0 bridgehead atoms. The smallest absolute Gasteiger partial charge is 0.118 e. The molecule has 0 saturated carbocycles. The van der Waals surface area contributed by atoms with Crippen molar-refractivity contribution in [1.82, 2.24) is 5.48 Å². The van der Waals surface area contributed by atoms with Crippen molar-refractivity contribution in [3.8, 4) is 5.75 Å². The first-order valence-corrected chi connectivity index (χ1v) is 9.56. The quantitative estimate of drug-likeness (QED) is 0.315. The van der Waals surface area contributed by atoms with E-state index in [9.17, 15) is 0 Å². The maximum Gasteiger partial charge on any atom is 0.118 e. The number of benzene rings is 3. The number of ether oxygens (including phenoxy) is 1. The Bertz CT molecular complexity index is 780. The Balaban J connectivity index is 2.08. The summed E-state index contributed by atoms with van der Waals surface area (Å²) < 4.78 is 5.34. The second-order valence-electron chi connectivity index (χ2n) is 6.59. The minimum Gasteiger partial charge on any atom is -0.497 e. The first kappa shape index (κ1) is 20.1. The van der Waals surface area contributed by atoms with Gasteiger partial charge in [-0.1, -0.05) is 72.8 Å². The molecule has 0 radical (unpaired) electrons. The number of hydrogen-bond donors (Lipinski definition) is 2. The average Bonchev–Trinajstić information content (AvgIpc) is 2.78. The number of aliphatic hydroxyl groups excluding tert-OH is 1. The van der Waals surface area contributed by atoms with Crippen molar-refractivity contribution in [3.05, 3.63) is 102 Å². The highest BCUT2D eigenvalue weighted by Gasteiger charge is 2.36. The minimum atomic E-state index is -0.673. The molecule has 0 saturated heterocycles. The third-order valence-electron chi connectivity index (χ3n) is 4.82. The Morgan fingerprint density at radius 3 is 1.79 bits per heavy atom. The van der Waals surface area contributed by atoms with Crippen molar-refractivity contribution in [3.63, 3.8) is 0 Å². The van der Waals surface area contributed by atoms with Gasteiger partial charge >= 0.3 is 0 Å². The molecule has 4 heteroatoms. The Kier molecular flexibility index (Phi) is 7.20. The lowest BCUT2D eigenvalue weighted by atomic mass is 9.78. The van der Waals surface area contributed by atoms with Gasteiger partial charge in [0.25, 0.3) is 0 Å². The van der Waals surface area contributed by atoms with Crippen molar-refractivity contribution in [2.75, 3.05) is 20.3 Å². The van der Waals surface area contributed by atoms with Crippen LogP contribution in [0.4, 0.5) is 0 Å². The minimum absolute atomic E-state index is 0.171. The predicted octanol–water partition coefficient (Wildman–Crippen LogP) is 4.28. The zero-order valence-corrected chi connectivity index (χ0v) is 16.2. The van der Waals surface area contributed by atoms with E-state index < -0.39 is 5.54 Å². The molecule has 0 unspecified atom stereocenters. The first-order chi connectivity index (χ1) is 13.8. The Hall–Kier alpha value is -2.66. The zero-order chi connectivity index (χ0) is 19.7. The van der Waals surface area contributed by atoms with Crippen LogP contribution in [0, 0.1) is 0 Å². The number of unbranched alkanes of at least 4 members (excludes halogenated alkanes) is 1. The van der Waals surface area contributed by atoms with Gasteiger partial charge in [-0.3, -0.25) is 0 Å². The van der Waals surface area contributed by atoms with Crippen molar-refractivity contribution in [2.45, 2.75) is 18.4 Å². The number of aliphatic hydroxyl groups is 1. The van der Waals surface area contributed by atoms with Crippen LogP contribution in [0.3, 0.4) is 0 Å². The SMILES string of the molecule is COc1ccc(C(NOCCCCO)(c2ccccc2)c2ccccc2)cc1. The predicted molar refractivity (Wildman–Crippen MR) is 111 cm³/mol. The normalized spacial score (nSPS) is 11.4. The van der Waals surface area contributed by atoms with Crippen molar-refractivity contribution in [2.24, 2.45) is 0 Å². The van der Waals surface area contributed by atoms with Gasteiger partial charge in [-0.05, 0) is 41.7 Å². The highest BCUT2D eigenvalue weighted by atomic mass is 16.6. The van der Waals surface area contributed by atoms with Gasteiger partial charge in [-0.2, -0.15) is 5.48 Å². The van der Waals surface area contributed by atoms with Crippen LogP contribution in [0.25, 0.3) is 0 Å². The standard InChI is InChI=1S/C24H27NO3/c1-27-23-16-14-22(15-17-23)24(20-10-4-2-5-11-20,21-12-6-3-7-13-21)25-28-19-9-8-18-26/h2-7,10-17,25-26H,8-9,18-19H2,1H3. The number of hydroxylamine groups is 1. The van der Waals surface area contributed by atoms with E-state index in [1.54, 1.807) is 7.11 Å². The summed E-state index contributed by atoms with van der Waals surface area (Å²) in [5.41, 5.74) is 5.89. The van der Waals surface area contributed by atoms with E-state index in [4.69, 9.17) is 14.7 Å². The van der Waals surface area contributed by atoms with E-state index in [1.807, 2.05) is 48.5 Å².